The van der Waals surface area contributed by atoms with E-state index in [0.29, 0.717) is 17.1 Å². The van der Waals surface area contributed by atoms with Crippen molar-refractivity contribution in [1.82, 2.24) is 0 Å². The van der Waals surface area contributed by atoms with Crippen LogP contribution >= 0.6 is 0 Å². The van der Waals surface area contributed by atoms with Gasteiger partial charge in [0.1, 0.15) is 11.5 Å². The Morgan fingerprint density at radius 3 is 2.20 bits per heavy atom. The van der Waals surface area contributed by atoms with Gasteiger partial charge in [-0.15, -0.1) is 0 Å². The fraction of sp³-hybridized carbons (Fsp3) is 0.125. The fourth-order valence-corrected chi connectivity index (χ4v) is 2.91. The number of anilines is 2. The van der Waals surface area contributed by atoms with Crippen LogP contribution < -0.4 is 15.5 Å². The third kappa shape index (κ3) is 5.32. The van der Waals surface area contributed by atoms with Crippen molar-refractivity contribution in [2.75, 3.05) is 17.9 Å². The number of carbonyl (C=O) groups is 1. The van der Waals surface area contributed by atoms with Crippen LogP contribution in [0.3, 0.4) is 0 Å². The molecule has 3 N–H and O–H groups in total. The molecule has 3 aromatic carbocycles. The number of hydrazone groups is 1. The highest BCUT2D eigenvalue weighted by molar-refractivity contribution is 6.68. The zero-order chi connectivity index (χ0) is 21.3. The van der Waals surface area contributed by atoms with Gasteiger partial charge in [-0.1, -0.05) is 55.5 Å². The Labute approximate surface area is 176 Å². The number of hydrogen-bond acceptors (Lipinski definition) is 5. The summed E-state index contributed by atoms with van der Waals surface area (Å²) in [5.41, 5.74) is 5.35. The number of nitrogens with one attached hydrogen (secondary N) is 3. The number of para-hydroxylation sites is 2. The van der Waals surface area contributed by atoms with Crippen LogP contribution in [-0.2, 0) is 4.79 Å². The lowest BCUT2D eigenvalue weighted by Crippen LogP contribution is -2.33. The van der Waals surface area contributed by atoms with Gasteiger partial charge in [-0.05, 0) is 42.0 Å². The molecule has 1 unspecified atom stereocenters. The number of amides is 1. The summed E-state index contributed by atoms with van der Waals surface area (Å²) in [5, 5.41) is 15.7. The molecule has 0 fully saturated rings. The van der Waals surface area contributed by atoms with E-state index in [4.69, 9.17) is 10.1 Å². The van der Waals surface area contributed by atoms with Crippen molar-refractivity contribution in [3.63, 3.8) is 0 Å². The van der Waals surface area contributed by atoms with Crippen molar-refractivity contribution in [3.8, 4) is 5.75 Å². The first-order chi connectivity index (χ1) is 14.6. The average Bonchev–Trinajstić information content (AvgIpc) is 2.80. The second-order valence-electron chi connectivity index (χ2n) is 6.67. The van der Waals surface area contributed by atoms with Crippen LogP contribution in [0.2, 0.25) is 0 Å². The van der Waals surface area contributed by atoms with Gasteiger partial charge in [0, 0.05) is 11.6 Å². The number of rotatable bonds is 8. The second-order valence-corrected chi connectivity index (χ2v) is 6.67. The van der Waals surface area contributed by atoms with E-state index in [2.05, 4.69) is 15.8 Å². The monoisotopic (exact) mass is 400 g/mol. The van der Waals surface area contributed by atoms with Gasteiger partial charge in [0.15, 0.2) is 0 Å². The lowest BCUT2D eigenvalue weighted by atomic mass is 9.92. The van der Waals surface area contributed by atoms with Crippen molar-refractivity contribution in [3.05, 3.63) is 90.5 Å². The van der Waals surface area contributed by atoms with Gasteiger partial charge in [-0.2, -0.15) is 5.10 Å². The maximum Gasteiger partial charge on any atom is 0.275 e. The van der Waals surface area contributed by atoms with E-state index in [1.165, 1.54) is 0 Å². The zero-order valence-corrected chi connectivity index (χ0v) is 16.9. The van der Waals surface area contributed by atoms with Crippen LogP contribution in [-0.4, -0.2) is 24.4 Å². The number of hydrogen-bond donors (Lipinski definition) is 3. The molecule has 3 aromatic rings. The van der Waals surface area contributed by atoms with Crippen molar-refractivity contribution >= 4 is 28.7 Å². The molecule has 0 heterocycles. The Balaban J connectivity index is 1.89. The van der Waals surface area contributed by atoms with Gasteiger partial charge in [0.2, 0.25) is 0 Å². The van der Waals surface area contributed by atoms with Crippen molar-refractivity contribution < 1.29 is 9.53 Å². The molecule has 0 saturated carbocycles. The molecule has 3 rings (SSSR count). The third-order valence-electron chi connectivity index (χ3n) is 4.60. The molecule has 1 amide bonds. The van der Waals surface area contributed by atoms with Crippen LogP contribution in [0.4, 0.5) is 11.4 Å². The molecule has 0 aliphatic carbocycles. The summed E-state index contributed by atoms with van der Waals surface area (Å²) < 4.78 is 5.31. The van der Waals surface area contributed by atoms with Crippen LogP contribution in [0, 0.1) is 5.41 Å². The van der Waals surface area contributed by atoms with Crippen LogP contribution in [0.1, 0.15) is 18.4 Å². The summed E-state index contributed by atoms with van der Waals surface area (Å²) in [5.74, 6) is -0.134. The van der Waals surface area contributed by atoms with Gasteiger partial charge in [-0.3, -0.25) is 15.6 Å². The average molecular weight is 400 g/mol. The third-order valence-corrected chi connectivity index (χ3v) is 4.60. The summed E-state index contributed by atoms with van der Waals surface area (Å²) in [6.07, 6.45) is 0. The number of carbonyl (C=O) groups excluding carboxylic acids is 1. The molecule has 0 bridgehead atoms. The summed E-state index contributed by atoms with van der Waals surface area (Å²) >= 11 is 0. The first-order valence-electron chi connectivity index (χ1n) is 9.56. The molecule has 0 radical (unpaired) electrons. The maximum absolute atomic E-state index is 12.8. The SMILES string of the molecule is COc1cccc(C(C)/C(=N/Nc2ccccc2)C(=N)C(=O)Nc2ccccc2)c1. The number of ether oxygens (including phenoxy) is 1. The highest BCUT2D eigenvalue weighted by atomic mass is 16.5. The van der Waals surface area contributed by atoms with E-state index in [0.717, 1.165) is 11.3 Å². The van der Waals surface area contributed by atoms with Crippen molar-refractivity contribution in [2.24, 2.45) is 5.10 Å². The van der Waals surface area contributed by atoms with E-state index < -0.39 is 5.91 Å². The maximum atomic E-state index is 12.8. The molecular formula is C24H24N4O2. The normalized spacial score (nSPS) is 12.0. The smallest absolute Gasteiger partial charge is 0.275 e. The number of benzene rings is 3. The van der Waals surface area contributed by atoms with Crippen molar-refractivity contribution in [1.29, 1.82) is 5.41 Å². The minimum Gasteiger partial charge on any atom is -0.497 e. The number of nitrogens with zero attached hydrogens (tertiary/aromatic N) is 1. The van der Waals surface area contributed by atoms with E-state index in [1.807, 2.05) is 79.7 Å². The molecule has 152 valence electrons. The zero-order valence-electron chi connectivity index (χ0n) is 16.9. The molecule has 0 aliphatic rings. The predicted octanol–water partition coefficient (Wildman–Crippen LogP) is 4.93. The molecule has 6 heteroatoms. The first-order valence-corrected chi connectivity index (χ1v) is 9.56. The summed E-state index contributed by atoms with van der Waals surface area (Å²) in [7, 11) is 1.60. The Hall–Kier alpha value is -3.93. The van der Waals surface area contributed by atoms with Gasteiger partial charge < -0.3 is 10.1 Å². The van der Waals surface area contributed by atoms with E-state index in [9.17, 15) is 4.79 Å². The summed E-state index contributed by atoms with van der Waals surface area (Å²) in [4.78, 5) is 12.8. The van der Waals surface area contributed by atoms with Crippen LogP contribution in [0.25, 0.3) is 0 Å². The molecular weight excluding hydrogens is 376 g/mol. The predicted molar refractivity (Wildman–Crippen MR) is 122 cm³/mol. The van der Waals surface area contributed by atoms with E-state index >= 15 is 0 Å². The molecule has 6 nitrogen and oxygen atoms in total. The summed E-state index contributed by atoms with van der Waals surface area (Å²) in [6, 6.07) is 26.0. The molecule has 1 atom stereocenters. The van der Waals surface area contributed by atoms with Gasteiger partial charge >= 0.3 is 0 Å². The standard InChI is InChI=1S/C24H24N4O2/c1-17(18-10-9-15-21(16-18)30-2)23(28-27-20-13-7-4-8-14-20)22(25)24(29)26-19-11-5-3-6-12-19/h3-17,25,27H,1-2H3,(H,26,29)/b25-22?,28-23-. The van der Waals surface area contributed by atoms with Crippen molar-refractivity contribution in [2.45, 2.75) is 12.8 Å². The first kappa shape index (κ1) is 20.8. The summed E-state index contributed by atoms with van der Waals surface area (Å²) in [6.45, 7) is 1.91. The minimum absolute atomic E-state index is 0.211. The lowest BCUT2D eigenvalue weighted by Gasteiger charge is -2.17. The molecule has 0 saturated heterocycles. The topological polar surface area (TPSA) is 86.6 Å². The Kier molecular flexibility index (Phi) is 6.95. The fourth-order valence-electron chi connectivity index (χ4n) is 2.91. The van der Waals surface area contributed by atoms with Crippen LogP contribution in [0.5, 0.6) is 5.75 Å². The molecule has 0 aromatic heterocycles. The van der Waals surface area contributed by atoms with Crippen LogP contribution in [0.15, 0.2) is 90.0 Å². The Bertz CT molecular complexity index is 1030. The van der Waals surface area contributed by atoms with Gasteiger partial charge in [0.05, 0.1) is 18.5 Å². The molecule has 30 heavy (non-hydrogen) atoms. The second kappa shape index (κ2) is 10.0. The van der Waals surface area contributed by atoms with E-state index in [1.54, 1.807) is 19.2 Å². The van der Waals surface area contributed by atoms with E-state index in [-0.39, 0.29) is 11.6 Å². The Morgan fingerprint density at radius 2 is 1.57 bits per heavy atom. The largest absolute Gasteiger partial charge is 0.497 e. The highest BCUT2D eigenvalue weighted by Gasteiger charge is 2.24. The van der Waals surface area contributed by atoms with Gasteiger partial charge in [0.25, 0.3) is 5.91 Å². The minimum atomic E-state index is -0.524. The van der Waals surface area contributed by atoms with Gasteiger partial charge in [-0.25, -0.2) is 0 Å². The quantitative estimate of drug-likeness (QED) is 0.370. The molecule has 0 aliphatic heterocycles. The molecule has 0 spiro atoms. The highest BCUT2D eigenvalue weighted by Crippen LogP contribution is 2.23. The lowest BCUT2D eigenvalue weighted by molar-refractivity contribution is -0.110. The number of methoxy groups -OCH3 is 1. The Morgan fingerprint density at radius 1 is 0.933 bits per heavy atom.